The SMILES string of the molecule is COc1c(F)cccc1Nc1c2[nH]c3c1C(=O)NCC3CC(=O)NCC(=O)NCCCOc1cnccc1-2. The zero-order valence-electron chi connectivity index (χ0n) is 20.7. The molecule has 1 unspecified atom stereocenters. The van der Waals surface area contributed by atoms with E-state index in [0.29, 0.717) is 52.6 Å². The average Bonchev–Trinajstić information content (AvgIpc) is 3.29. The van der Waals surface area contributed by atoms with Crippen LogP contribution in [0.15, 0.2) is 36.7 Å². The number of aromatic amines is 1. The number of hydrogen-bond donors (Lipinski definition) is 5. The largest absolute Gasteiger partial charge is 0.492 e. The molecule has 12 heteroatoms. The number of halogens is 1. The number of fused-ring (bicyclic) bond motifs is 3. The van der Waals surface area contributed by atoms with E-state index in [9.17, 15) is 18.8 Å². The third-order valence-corrected chi connectivity index (χ3v) is 6.44. The molecule has 0 aliphatic carbocycles. The molecule has 1 aromatic carbocycles. The number of nitrogens with one attached hydrogen (secondary N) is 5. The van der Waals surface area contributed by atoms with Crippen LogP contribution in [0.4, 0.5) is 15.8 Å². The number of anilines is 2. The molecule has 11 nitrogen and oxygen atoms in total. The quantitative estimate of drug-likeness (QED) is 0.354. The predicted molar refractivity (Wildman–Crippen MR) is 136 cm³/mol. The topological polar surface area (TPSA) is 146 Å². The van der Waals surface area contributed by atoms with E-state index in [1.807, 2.05) is 0 Å². The number of benzene rings is 1. The van der Waals surface area contributed by atoms with E-state index in [-0.39, 0.29) is 49.6 Å². The van der Waals surface area contributed by atoms with Crippen molar-refractivity contribution in [1.29, 1.82) is 0 Å². The third kappa shape index (κ3) is 4.97. The van der Waals surface area contributed by atoms with Gasteiger partial charge in [-0.2, -0.15) is 0 Å². The number of carbonyl (C=O) groups is 3. The van der Waals surface area contributed by atoms with Crippen LogP contribution in [0.2, 0.25) is 0 Å². The van der Waals surface area contributed by atoms with Gasteiger partial charge in [-0.05, 0) is 24.6 Å². The highest BCUT2D eigenvalue weighted by Gasteiger charge is 2.35. The summed E-state index contributed by atoms with van der Waals surface area (Å²) in [6.45, 7) is 0.720. The first-order valence-electron chi connectivity index (χ1n) is 12.2. The highest BCUT2D eigenvalue weighted by molar-refractivity contribution is 6.07. The van der Waals surface area contributed by atoms with Crippen LogP contribution in [0.1, 0.15) is 34.8 Å². The molecule has 2 bridgehead atoms. The molecule has 1 atom stereocenters. The second kappa shape index (κ2) is 10.8. The van der Waals surface area contributed by atoms with Crippen LogP contribution in [0.3, 0.4) is 0 Å². The molecule has 0 saturated carbocycles. The van der Waals surface area contributed by atoms with Gasteiger partial charge in [0.2, 0.25) is 11.8 Å². The first-order chi connectivity index (χ1) is 18.5. The van der Waals surface area contributed by atoms with Gasteiger partial charge in [-0.3, -0.25) is 19.4 Å². The Morgan fingerprint density at radius 2 is 2.00 bits per heavy atom. The van der Waals surface area contributed by atoms with Crippen molar-refractivity contribution < 1.29 is 28.2 Å². The van der Waals surface area contributed by atoms with Gasteiger partial charge in [-0.25, -0.2) is 4.39 Å². The van der Waals surface area contributed by atoms with Crippen molar-refractivity contribution in [2.75, 3.05) is 38.7 Å². The van der Waals surface area contributed by atoms with Gasteiger partial charge >= 0.3 is 0 Å². The normalized spacial score (nSPS) is 17.8. The second-order valence-electron chi connectivity index (χ2n) is 8.92. The highest BCUT2D eigenvalue weighted by Crippen LogP contribution is 2.44. The summed E-state index contributed by atoms with van der Waals surface area (Å²) in [6.07, 6.45) is 3.71. The molecule has 0 saturated heterocycles. The molecule has 38 heavy (non-hydrogen) atoms. The van der Waals surface area contributed by atoms with Gasteiger partial charge in [-0.15, -0.1) is 0 Å². The number of hydrogen-bond acceptors (Lipinski definition) is 7. The maximum Gasteiger partial charge on any atom is 0.255 e. The molecule has 2 aliphatic rings. The summed E-state index contributed by atoms with van der Waals surface area (Å²) in [5.74, 6) is -1.52. The van der Waals surface area contributed by atoms with Crippen molar-refractivity contribution in [1.82, 2.24) is 25.9 Å². The Hall–Kier alpha value is -4.61. The van der Waals surface area contributed by atoms with Gasteiger partial charge < -0.3 is 35.7 Å². The van der Waals surface area contributed by atoms with E-state index in [0.717, 1.165) is 0 Å². The van der Waals surface area contributed by atoms with Gasteiger partial charge in [0.1, 0.15) is 5.75 Å². The molecule has 3 aromatic rings. The van der Waals surface area contributed by atoms with Gasteiger partial charge in [0.05, 0.1) is 49.1 Å². The Bertz CT molecular complexity index is 1390. The van der Waals surface area contributed by atoms with Gasteiger partial charge in [0, 0.05) is 42.9 Å². The van der Waals surface area contributed by atoms with Crippen LogP contribution in [0, 0.1) is 5.82 Å². The summed E-state index contributed by atoms with van der Waals surface area (Å²) in [7, 11) is 1.36. The highest BCUT2D eigenvalue weighted by atomic mass is 19.1. The second-order valence-corrected chi connectivity index (χ2v) is 8.92. The Balaban J connectivity index is 1.66. The fourth-order valence-electron chi connectivity index (χ4n) is 4.64. The maximum absolute atomic E-state index is 14.5. The lowest BCUT2D eigenvalue weighted by Gasteiger charge is -2.23. The van der Waals surface area contributed by atoms with Crippen molar-refractivity contribution in [3.05, 3.63) is 53.7 Å². The molecular formula is C26H27FN6O5. The lowest BCUT2D eigenvalue weighted by molar-refractivity contribution is -0.126. The lowest BCUT2D eigenvalue weighted by atomic mass is 9.93. The van der Waals surface area contributed by atoms with E-state index in [1.54, 1.807) is 24.5 Å². The minimum Gasteiger partial charge on any atom is -0.492 e. The number of para-hydroxylation sites is 1. The molecule has 5 rings (SSSR count). The molecule has 4 heterocycles. The molecule has 5 N–H and O–H groups in total. The zero-order valence-corrected chi connectivity index (χ0v) is 20.7. The summed E-state index contributed by atoms with van der Waals surface area (Å²) < 4.78 is 25.8. The van der Waals surface area contributed by atoms with Crippen molar-refractivity contribution in [3.63, 3.8) is 0 Å². The number of H-pyrrole nitrogens is 1. The summed E-state index contributed by atoms with van der Waals surface area (Å²) in [6, 6.07) is 6.19. The maximum atomic E-state index is 14.5. The van der Waals surface area contributed by atoms with Crippen LogP contribution in [-0.4, -0.2) is 61.0 Å². The Morgan fingerprint density at radius 3 is 2.84 bits per heavy atom. The molecule has 0 radical (unpaired) electrons. The van der Waals surface area contributed by atoms with Crippen molar-refractivity contribution >= 4 is 29.1 Å². The summed E-state index contributed by atoms with van der Waals surface area (Å²) >= 11 is 0. The van der Waals surface area contributed by atoms with Crippen LogP contribution < -0.4 is 30.7 Å². The number of nitrogens with zero attached hydrogens (tertiary/aromatic N) is 1. The van der Waals surface area contributed by atoms with Gasteiger partial charge in [0.25, 0.3) is 5.91 Å². The standard InChI is InChI=1S/C26H27FN6O5/c1-37-25-16(27)4-2-5-17(25)32-24-21-22-14(11-31-26(21)36)10-19(34)30-13-20(35)29-7-3-9-38-18-12-28-8-6-15(18)23(24)33-22/h2,4-6,8,12,14,32-33H,3,7,9-11,13H2,1H3,(H,29,35)(H,30,34)(H,31,36). The molecule has 2 aromatic heterocycles. The van der Waals surface area contributed by atoms with Crippen LogP contribution >= 0.6 is 0 Å². The monoisotopic (exact) mass is 522 g/mol. The van der Waals surface area contributed by atoms with E-state index < -0.39 is 11.7 Å². The average molecular weight is 523 g/mol. The first kappa shape index (κ1) is 25.1. The molecule has 2 aliphatic heterocycles. The van der Waals surface area contributed by atoms with Crippen molar-refractivity contribution in [2.24, 2.45) is 0 Å². The number of pyridine rings is 1. The molecule has 0 fully saturated rings. The van der Waals surface area contributed by atoms with Crippen LogP contribution in [0.5, 0.6) is 11.5 Å². The molecule has 3 amide bonds. The van der Waals surface area contributed by atoms with Crippen LogP contribution in [0.25, 0.3) is 11.3 Å². The molecular weight excluding hydrogens is 495 g/mol. The van der Waals surface area contributed by atoms with Crippen molar-refractivity contribution in [3.8, 4) is 22.8 Å². The Labute approximate surface area is 217 Å². The minimum atomic E-state index is -0.566. The van der Waals surface area contributed by atoms with E-state index in [4.69, 9.17) is 9.47 Å². The smallest absolute Gasteiger partial charge is 0.255 e. The summed E-state index contributed by atoms with van der Waals surface area (Å²) in [4.78, 5) is 45.5. The Morgan fingerprint density at radius 1 is 1.13 bits per heavy atom. The third-order valence-electron chi connectivity index (χ3n) is 6.44. The van der Waals surface area contributed by atoms with E-state index in [1.165, 1.54) is 19.2 Å². The number of carbonyl (C=O) groups excluding carboxylic acids is 3. The lowest BCUT2D eigenvalue weighted by Crippen LogP contribution is -2.40. The van der Waals surface area contributed by atoms with E-state index in [2.05, 4.69) is 31.2 Å². The number of rotatable bonds is 3. The van der Waals surface area contributed by atoms with Crippen molar-refractivity contribution in [2.45, 2.75) is 18.8 Å². The predicted octanol–water partition coefficient (Wildman–Crippen LogP) is 2.20. The van der Waals surface area contributed by atoms with E-state index >= 15 is 0 Å². The Kier molecular flexibility index (Phi) is 7.11. The summed E-state index contributed by atoms with van der Waals surface area (Å²) in [5.41, 5.74) is 2.65. The van der Waals surface area contributed by atoms with Gasteiger partial charge in [0.15, 0.2) is 11.6 Å². The zero-order chi connectivity index (χ0) is 26.6. The number of aromatic nitrogens is 2. The summed E-state index contributed by atoms with van der Waals surface area (Å²) in [5, 5.41) is 11.4. The fourth-order valence-corrected chi connectivity index (χ4v) is 4.64. The van der Waals surface area contributed by atoms with Gasteiger partial charge in [-0.1, -0.05) is 6.07 Å². The van der Waals surface area contributed by atoms with Crippen LogP contribution in [-0.2, 0) is 9.59 Å². The number of methoxy groups -OCH3 is 1. The fraction of sp³-hybridized carbons (Fsp3) is 0.308. The number of ether oxygens (including phenoxy) is 2. The number of amides is 3. The first-order valence-corrected chi connectivity index (χ1v) is 12.2. The minimum absolute atomic E-state index is 0.0118. The molecule has 198 valence electrons. The molecule has 0 spiro atoms.